The predicted octanol–water partition coefficient (Wildman–Crippen LogP) is 5.78. The van der Waals surface area contributed by atoms with E-state index in [0.717, 1.165) is 19.3 Å². The predicted molar refractivity (Wildman–Crippen MR) is 129 cm³/mol. The molecular formula is C26H48N2O3. The first-order chi connectivity index (χ1) is 15.2. The maximum atomic E-state index is 12.0. The van der Waals surface area contributed by atoms with Crippen molar-refractivity contribution in [2.75, 3.05) is 26.7 Å². The molecule has 1 N–H and O–H groups in total. The van der Waals surface area contributed by atoms with Crippen molar-refractivity contribution in [3.05, 3.63) is 12.2 Å². The number of hydrogen-bond acceptors (Lipinski definition) is 4. The van der Waals surface area contributed by atoms with Gasteiger partial charge in [-0.05, 0) is 39.2 Å². The molecule has 1 atom stereocenters. The molecule has 1 saturated heterocycles. The van der Waals surface area contributed by atoms with Crippen molar-refractivity contribution in [2.45, 2.75) is 116 Å². The molecule has 1 aliphatic rings. The van der Waals surface area contributed by atoms with Crippen molar-refractivity contribution in [1.29, 1.82) is 0 Å². The summed E-state index contributed by atoms with van der Waals surface area (Å²) in [6.07, 6.45) is 22.7. The van der Waals surface area contributed by atoms with Crippen molar-refractivity contribution >= 4 is 11.9 Å². The Bertz CT molecular complexity index is 493. The van der Waals surface area contributed by atoms with Crippen LogP contribution in [-0.2, 0) is 14.3 Å². The molecule has 31 heavy (non-hydrogen) atoms. The molecule has 0 spiro atoms. The molecule has 0 aromatic heterocycles. The first kappa shape index (κ1) is 27.7. The minimum atomic E-state index is -0.117. The van der Waals surface area contributed by atoms with Crippen LogP contribution in [0.3, 0.4) is 0 Å². The zero-order chi connectivity index (χ0) is 22.6. The lowest BCUT2D eigenvalue weighted by atomic mass is 10.1. The molecule has 1 rings (SSSR count). The van der Waals surface area contributed by atoms with Crippen LogP contribution in [0.4, 0.5) is 0 Å². The van der Waals surface area contributed by atoms with Gasteiger partial charge in [0.1, 0.15) is 6.10 Å². The van der Waals surface area contributed by atoms with Crippen molar-refractivity contribution in [3.8, 4) is 0 Å². The molecule has 0 saturated carbocycles. The van der Waals surface area contributed by atoms with Crippen molar-refractivity contribution < 1.29 is 14.3 Å². The summed E-state index contributed by atoms with van der Waals surface area (Å²) >= 11 is 0. The van der Waals surface area contributed by atoms with Crippen LogP contribution in [0.1, 0.15) is 110 Å². The molecule has 180 valence electrons. The van der Waals surface area contributed by atoms with Gasteiger partial charge in [0.2, 0.25) is 5.91 Å². The fraction of sp³-hybridized carbons (Fsp3) is 0.846. The summed E-state index contributed by atoms with van der Waals surface area (Å²) in [4.78, 5) is 25.9. The molecule has 1 aliphatic heterocycles. The molecule has 0 aromatic carbocycles. The second-order valence-electron chi connectivity index (χ2n) is 8.93. The standard InChI is InChI=1S/C26H48N2O3/c1-3-4-5-6-7-8-9-10-11-12-13-14-15-16-17-18-26(30)31-24-20-22-28(23-24)25(29)19-21-27-2/h10-11,24,27H,3-9,12-23H2,1-2H3/b11-10-/t24-/m0/s1. The number of rotatable bonds is 19. The third kappa shape index (κ3) is 15.1. The van der Waals surface area contributed by atoms with E-state index in [9.17, 15) is 9.59 Å². The lowest BCUT2D eigenvalue weighted by Crippen LogP contribution is -2.32. The van der Waals surface area contributed by atoms with Crippen molar-refractivity contribution in [3.63, 3.8) is 0 Å². The van der Waals surface area contributed by atoms with Gasteiger partial charge in [-0.25, -0.2) is 0 Å². The number of nitrogens with zero attached hydrogens (tertiary/aromatic N) is 1. The molecule has 1 heterocycles. The smallest absolute Gasteiger partial charge is 0.306 e. The number of esters is 1. The van der Waals surface area contributed by atoms with E-state index in [1.807, 2.05) is 11.9 Å². The molecular weight excluding hydrogens is 388 g/mol. The summed E-state index contributed by atoms with van der Waals surface area (Å²) in [6, 6.07) is 0. The maximum absolute atomic E-state index is 12.0. The number of carbonyl (C=O) groups is 2. The summed E-state index contributed by atoms with van der Waals surface area (Å²) in [5, 5.41) is 2.99. The molecule has 1 amide bonds. The number of unbranched alkanes of at least 4 members (excludes halogenated alkanes) is 11. The number of likely N-dealkylation sites (tertiary alicyclic amines) is 1. The number of allylic oxidation sites excluding steroid dienone is 2. The van der Waals surface area contributed by atoms with Gasteiger partial charge in [-0.3, -0.25) is 9.59 Å². The normalized spacial score (nSPS) is 16.3. The lowest BCUT2D eigenvalue weighted by Gasteiger charge is -2.16. The van der Waals surface area contributed by atoms with Gasteiger partial charge >= 0.3 is 5.97 Å². The second kappa shape index (κ2) is 19.3. The van der Waals surface area contributed by atoms with Gasteiger partial charge in [0.05, 0.1) is 6.54 Å². The quantitative estimate of drug-likeness (QED) is 0.158. The monoisotopic (exact) mass is 436 g/mol. The van der Waals surface area contributed by atoms with Crippen LogP contribution < -0.4 is 5.32 Å². The Balaban J connectivity index is 1.90. The van der Waals surface area contributed by atoms with Crippen molar-refractivity contribution in [1.82, 2.24) is 10.2 Å². The van der Waals surface area contributed by atoms with E-state index in [2.05, 4.69) is 24.4 Å². The Morgan fingerprint density at radius 1 is 0.903 bits per heavy atom. The third-order valence-corrected chi connectivity index (χ3v) is 6.03. The van der Waals surface area contributed by atoms with E-state index in [-0.39, 0.29) is 18.0 Å². The largest absolute Gasteiger partial charge is 0.460 e. The fourth-order valence-electron chi connectivity index (χ4n) is 4.03. The Labute approximate surface area is 191 Å². The van der Waals surface area contributed by atoms with Crippen LogP contribution in [-0.4, -0.2) is 49.6 Å². The Kier molecular flexibility index (Phi) is 17.3. The highest BCUT2D eigenvalue weighted by Gasteiger charge is 2.28. The average molecular weight is 437 g/mol. The average Bonchev–Trinajstić information content (AvgIpc) is 3.23. The van der Waals surface area contributed by atoms with E-state index < -0.39 is 0 Å². The van der Waals surface area contributed by atoms with Gasteiger partial charge in [0.15, 0.2) is 0 Å². The zero-order valence-corrected chi connectivity index (χ0v) is 20.3. The van der Waals surface area contributed by atoms with Crippen LogP contribution in [0.5, 0.6) is 0 Å². The highest BCUT2D eigenvalue weighted by molar-refractivity contribution is 5.77. The van der Waals surface area contributed by atoms with Crippen LogP contribution in [0.15, 0.2) is 12.2 Å². The summed E-state index contributed by atoms with van der Waals surface area (Å²) in [5.41, 5.74) is 0. The van der Waals surface area contributed by atoms with Crippen molar-refractivity contribution in [2.24, 2.45) is 0 Å². The van der Waals surface area contributed by atoms with E-state index >= 15 is 0 Å². The summed E-state index contributed by atoms with van der Waals surface area (Å²) in [5.74, 6) is 0.0392. The maximum Gasteiger partial charge on any atom is 0.306 e. The zero-order valence-electron chi connectivity index (χ0n) is 20.3. The number of carbonyl (C=O) groups excluding carboxylic acids is 2. The molecule has 5 nitrogen and oxygen atoms in total. The van der Waals surface area contributed by atoms with Gasteiger partial charge in [-0.15, -0.1) is 0 Å². The Morgan fingerprint density at radius 3 is 2.16 bits per heavy atom. The van der Waals surface area contributed by atoms with Gasteiger partial charge in [0, 0.05) is 32.4 Å². The lowest BCUT2D eigenvalue weighted by molar-refractivity contribution is -0.149. The summed E-state index contributed by atoms with van der Waals surface area (Å²) < 4.78 is 5.56. The molecule has 0 aromatic rings. The second-order valence-corrected chi connectivity index (χ2v) is 8.93. The van der Waals surface area contributed by atoms with Gasteiger partial charge < -0.3 is 15.0 Å². The Morgan fingerprint density at radius 2 is 1.52 bits per heavy atom. The number of ether oxygens (including phenoxy) is 1. The van der Waals surface area contributed by atoms with Crippen LogP contribution in [0, 0.1) is 0 Å². The molecule has 0 radical (unpaired) electrons. The molecule has 0 unspecified atom stereocenters. The fourth-order valence-corrected chi connectivity index (χ4v) is 4.03. The van der Waals surface area contributed by atoms with Crippen LogP contribution in [0.25, 0.3) is 0 Å². The summed E-state index contributed by atoms with van der Waals surface area (Å²) in [6.45, 7) is 4.21. The minimum Gasteiger partial charge on any atom is -0.460 e. The topological polar surface area (TPSA) is 58.6 Å². The van der Waals surface area contributed by atoms with Gasteiger partial charge in [0.25, 0.3) is 0 Å². The van der Waals surface area contributed by atoms with Gasteiger partial charge in [-0.2, -0.15) is 0 Å². The van der Waals surface area contributed by atoms with E-state index in [0.29, 0.717) is 32.5 Å². The molecule has 0 aliphatic carbocycles. The molecule has 5 heteroatoms. The van der Waals surface area contributed by atoms with E-state index in [1.54, 1.807) is 0 Å². The molecule has 0 bridgehead atoms. The minimum absolute atomic E-state index is 0.104. The third-order valence-electron chi connectivity index (χ3n) is 6.03. The SMILES string of the molecule is CCCCCCCC/C=C\CCCCCCCC(=O)O[C@H]1CCN(C(=O)CCNC)C1. The van der Waals surface area contributed by atoms with E-state index in [1.165, 1.54) is 70.6 Å². The van der Waals surface area contributed by atoms with Crippen LogP contribution >= 0.6 is 0 Å². The van der Waals surface area contributed by atoms with Gasteiger partial charge in [-0.1, -0.05) is 70.4 Å². The first-order valence-electron chi connectivity index (χ1n) is 12.9. The number of hydrogen-bond donors (Lipinski definition) is 1. The number of amides is 1. The first-order valence-corrected chi connectivity index (χ1v) is 12.9. The summed E-state index contributed by atoms with van der Waals surface area (Å²) in [7, 11) is 1.84. The highest BCUT2D eigenvalue weighted by Crippen LogP contribution is 2.16. The number of nitrogens with one attached hydrogen (secondary N) is 1. The highest BCUT2D eigenvalue weighted by atomic mass is 16.5. The Hall–Kier alpha value is -1.36. The van der Waals surface area contributed by atoms with E-state index in [4.69, 9.17) is 4.74 Å². The van der Waals surface area contributed by atoms with Crippen LogP contribution in [0.2, 0.25) is 0 Å². The molecule has 1 fully saturated rings.